The molecule has 0 saturated carbocycles. The first kappa shape index (κ1) is 19.7. The Hall–Kier alpha value is -1.30. The van der Waals surface area contributed by atoms with Crippen molar-refractivity contribution in [1.29, 1.82) is 0 Å². The lowest BCUT2D eigenvalue weighted by Crippen LogP contribution is -2.52. The van der Waals surface area contributed by atoms with Crippen LogP contribution in [-0.4, -0.2) is 27.4 Å². The standard InChI is InChI=1S/C14H20N4O.2ClH/c1-3-14(4-2,10-15)17-13(19)11-5-6-12-16-7-8-18(12)9-11;;/h5-9H,3-4,10,15H2,1-2H3,(H,17,19);2*1H. The summed E-state index contributed by atoms with van der Waals surface area (Å²) in [5, 5.41) is 3.06. The smallest absolute Gasteiger partial charge is 0.253 e. The maximum Gasteiger partial charge on any atom is 0.253 e. The number of amides is 1. The summed E-state index contributed by atoms with van der Waals surface area (Å²) in [4.78, 5) is 16.5. The van der Waals surface area contributed by atoms with Gasteiger partial charge in [-0.05, 0) is 25.0 Å². The second-order valence-electron chi connectivity index (χ2n) is 4.76. The second-order valence-corrected chi connectivity index (χ2v) is 4.76. The van der Waals surface area contributed by atoms with E-state index in [1.54, 1.807) is 18.5 Å². The summed E-state index contributed by atoms with van der Waals surface area (Å²) in [7, 11) is 0. The molecule has 118 valence electrons. The topological polar surface area (TPSA) is 72.4 Å². The summed E-state index contributed by atoms with van der Waals surface area (Å²) in [6, 6.07) is 3.61. The minimum absolute atomic E-state index is 0. The maximum absolute atomic E-state index is 12.3. The Kier molecular flexibility index (Phi) is 7.71. The molecule has 0 aliphatic rings. The lowest BCUT2D eigenvalue weighted by molar-refractivity contribution is 0.0895. The molecule has 1 amide bonds. The lowest BCUT2D eigenvalue weighted by atomic mass is 9.92. The molecule has 0 aliphatic carbocycles. The van der Waals surface area contributed by atoms with Crippen LogP contribution < -0.4 is 11.1 Å². The van der Waals surface area contributed by atoms with Crippen LogP contribution in [0.2, 0.25) is 0 Å². The van der Waals surface area contributed by atoms with Gasteiger partial charge in [0.2, 0.25) is 0 Å². The first-order valence-electron chi connectivity index (χ1n) is 6.59. The minimum atomic E-state index is -0.318. The molecule has 0 bridgehead atoms. The normalized spacial score (nSPS) is 10.6. The molecule has 0 atom stereocenters. The fourth-order valence-electron chi connectivity index (χ4n) is 2.13. The molecule has 3 N–H and O–H groups in total. The van der Waals surface area contributed by atoms with E-state index >= 15 is 0 Å². The van der Waals surface area contributed by atoms with Crippen molar-refractivity contribution in [2.45, 2.75) is 32.2 Å². The van der Waals surface area contributed by atoms with Gasteiger partial charge in [0.25, 0.3) is 5.91 Å². The predicted molar refractivity (Wildman–Crippen MR) is 89.5 cm³/mol. The molecule has 0 saturated heterocycles. The van der Waals surface area contributed by atoms with E-state index in [2.05, 4.69) is 10.3 Å². The zero-order valence-corrected chi connectivity index (χ0v) is 13.8. The highest BCUT2D eigenvalue weighted by atomic mass is 35.5. The number of imidazole rings is 1. The van der Waals surface area contributed by atoms with E-state index in [0.29, 0.717) is 12.1 Å². The number of nitrogens with one attached hydrogen (secondary N) is 1. The molecule has 2 heterocycles. The molecule has 7 heteroatoms. The molecule has 0 aliphatic heterocycles. The highest BCUT2D eigenvalue weighted by Gasteiger charge is 2.26. The SMILES string of the molecule is CCC(CC)(CN)NC(=O)c1ccc2nccn2c1.Cl.Cl. The molecule has 2 aromatic rings. The number of pyridine rings is 1. The third-order valence-corrected chi connectivity index (χ3v) is 3.77. The molecule has 2 rings (SSSR count). The molecule has 0 aromatic carbocycles. The highest BCUT2D eigenvalue weighted by Crippen LogP contribution is 2.15. The number of carbonyl (C=O) groups is 1. The number of halogens is 2. The van der Waals surface area contributed by atoms with Gasteiger partial charge in [0.15, 0.2) is 0 Å². The van der Waals surface area contributed by atoms with E-state index in [9.17, 15) is 4.79 Å². The fourth-order valence-corrected chi connectivity index (χ4v) is 2.13. The lowest BCUT2D eigenvalue weighted by Gasteiger charge is -2.31. The average molecular weight is 333 g/mol. The van der Waals surface area contributed by atoms with Crippen LogP contribution in [0.4, 0.5) is 0 Å². The van der Waals surface area contributed by atoms with Crippen LogP contribution in [0.3, 0.4) is 0 Å². The minimum Gasteiger partial charge on any atom is -0.345 e. The number of rotatable bonds is 5. The molecule has 0 fully saturated rings. The van der Waals surface area contributed by atoms with Gasteiger partial charge in [-0.1, -0.05) is 13.8 Å². The summed E-state index contributed by atoms with van der Waals surface area (Å²) < 4.78 is 1.83. The fraction of sp³-hybridized carbons (Fsp3) is 0.429. The quantitative estimate of drug-likeness (QED) is 0.883. The maximum atomic E-state index is 12.3. The zero-order chi connectivity index (χ0) is 13.9. The third-order valence-electron chi connectivity index (χ3n) is 3.77. The number of aromatic nitrogens is 2. The molecule has 0 unspecified atom stereocenters. The monoisotopic (exact) mass is 332 g/mol. The summed E-state index contributed by atoms with van der Waals surface area (Å²) >= 11 is 0. The molecular formula is C14H22Cl2N4O. The summed E-state index contributed by atoms with van der Waals surface area (Å²) in [6.07, 6.45) is 6.95. The molecule has 5 nitrogen and oxygen atoms in total. The molecule has 2 aromatic heterocycles. The Labute approximate surface area is 137 Å². The van der Waals surface area contributed by atoms with Crippen LogP contribution in [0.15, 0.2) is 30.7 Å². The van der Waals surface area contributed by atoms with Crippen molar-refractivity contribution < 1.29 is 4.79 Å². The number of carbonyl (C=O) groups excluding carboxylic acids is 1. The van der Waals surface area contributed by atoms with Crippen LogP contribution in [0.5, 0.6) is 0 Å². The number of fused-ring (bicyclic) bond motifs is 1. The molecule has 0 spiro atoms. The first-order chi connectivity index (χ1) is 9.14. The van der Waals surface area contributed by atoms with Crippen LogP contribution in [0.1, 0.15) is 37.0 Å². The van der Waals surface area contributed by atoms with Crippen LogP contribution in [0.25, 0.3) is 5.65 Å². The van der Waals surface area contributed by atoms with Crippen LogP contribution in [-0.2, 0) is 0 Å². The van der Waals surface area contributed by atoms with Gasteiger partial charge in [0.1, 0.15) is 5.65 Å². The Bertz CT molecular complexity index is 573. The van der Waals surface area contributed by atoms with Gasteiger partial charge in [0.05, 0.1) is 11.1 Å². The number of nitrogens with two attached hydrogens (primary N) is 1. The predicted octanol–water partition coefficient (Wildman–Crippen LogP) is 2.43. The van der Waals surface area contributed by atoms with Gasteiger partial charge in [-0.3, -0.25) is 4.79 Å². The Morgan fingerprint density at radius 1 is 1.33 bits per heavy atom. The van der Waals surface area contributed by atoms with Crippen molar-refractivity contribution in [2.24, 2.45) is 5.73 Å². The largest absolute Gasteiger partial charge is 0.345 e. The van der Waals surface area contributed by atoms with Crippen LogP contribution in [0, 0.1) is 0 Å². The van der Waals surface area contributed by atoms with Crippen molar-refractivity contribution in [3.8, 4) is 0 Å². The summed E-state index contributed by atoms with van der Waals surface area (Å²) in [5.74, 6) is -0.0928. The van der Waals surface area contributed by atoms with Gasteiger partial charge in [-0.25, -0.2) is 4.98 Å². The van der Waals surface area contributed by atoms with Crippen molar-refractivity contribution in [1.82, 2.24) is 14.7 Å². The molecule has 0 radical (unpaired) electrons. The van der Waals surface area contributed by atoms with E-state index < -0.39 is 0 Å². The van der Waals surface area contributed by atoms with E-state index in [4.69, 9.17) is 5.73 Å². The second kappa shape index (κ2) is 8.22. The van der Waals surface area contributed by atoms with Gasteiger partial charge in [0, 0.05) is 25.1 Å². The summed E-state index contributed by atoms with van der Waals surface area (Å²) in [5.41, 5.74) is 6.92. The van der Waals surface area contributed by atoms with Gasteiger partial charge in [-0.2, -0.15) is 0 Å². The van der Waals surface area contributed by atoms with Gasteiger partial charge >= 0.3 is 0 Å². The Balaban J connectivity index is 0.00000200. The molecular weight excluding hydrogens is 311 g/mol. The van der Waals surface area contributed by atoms with E-state index in [1.807, 2.05) is 30.5 Å². The number of hydrogen-bond acceptors (Lipinski definition) is 3. The van der Waals surface area contributed by atoms with Crippen molar-refractivity contribution in [2.75, 3.05) is 6.54 Å². The van der Waals surface area contributed by atoms with E-state index in [0.717, 1.165) is 18.5 Å². The van der Waals surface area contributed by atoms with Crippen molar-refractivity contribution in [3.63, 3.8) is 0 Å². The Morgan fingerprint density at radius 3 is 2.57 bits per heavy atom. The van der Waals surface area contributed by atoms with E-state index in [1.165, 1.54) is 0 Å². The highest BCUT2D eigenvalue weighted by molar-refractivity contribution is 5.94. The average Bonchev–Trinajstić information content (AvgIpc) is 2.92. The van der Waals surface area contributed by atoms with Crippen LogP contribution >= 0.6 is 24.8 Å². The van der Waals surface area contributed by atoms with Crippen molar-refractivity contribution >= 4 is 36.4 Å². The van der Waals surface area contributed by atoms with Gasteiger partial charge < -0.3 is 15.5 Å². The van der Waals surface area contributed by atoms with Crippen molar-refractivity contribution in [3.05, 3.63) is 36.3 Å². The zero-order valence-electron chi connectivity index (χ0n) is 12.2. The number of nitrogens with zero attached hydrogens (tertiary/aromatic N) is 2. The Morgan fingerprint density at radius 2 is 2.00 bits per heavy atom. The van der Waals surface area contributed by atoms with E-state index in [-0.39, 0.29) is 36.3 Å². The molecule has 21 heavy (non-hydrogen) atoms. The first-order valence-corrected chi connectivity index (χ1v) is 6.59. The number of hydrogen-bond donors (Lipinski definition) is 2. The third kappa shape index (κ3) is 4.09. The van der Waals surface area contributed by atoms with Gasteiger partial charge in [-0.15, -0.1) is 24.8 Å². The summed E-state index contributed by atoms with van der Waals surface area (Å²) in [6.45, 7) is 4.52.